The minimum absolute atomic E-state index is 0.0382. The SMILES string of the molecule is Cc1nc(-c2ccccc2C(F)(F)F)c(CBr)o1. The lowest BCUT2D eigenvalue weighted by atomic mass is 10.0. The maximum atomic E-state index is 12.9. The molecular formula is C12H9BrF3NO. The number of hydrogen-bond donors (Lipinski definition) is 0. The molecule has 1 aromatic heterocycles. The number of alkyl halides is 4. The van der Waals surface area contributed by atoms with Gasteiger partial charge in [0.05, 0.1) is 10.9 Å². The Bertz CT molecular complexity index is 563. The molecule has 0 aliphatic rings. The lowest BCUT2D eigenvalue weighted by Gasteiger charge is -2.11. The van der Waals surface area contributed by atoms with Crippen LogP contribution < -0.4 is 0 Å². The quantitative estimate of drug-likeness (QED) is 0.758. The Morgan fingerprint density at radius 2 is 1.94 bits per heavy atom. The van der Waals surface area contributed by atoms with Crippen molar-refractivity contribution in [3.63, 3.8) is 0 Å². The van der Waals surface area contributed by atoms with Crippen LogP contribution in [0.1, 0.15) is 17.2 Å². The second kappa shape index (κ2) is 4.76. The summed E-state index contributed by atoms with van der Waals surface area (Å²) in [7, 11) is 0. The van der Waals surface area contributed by atoms with Gasteiger partial charge >= 0.3 is 6.18 Å². The van der Waals surface area contributed by atoms with Gasteiger partial charge in [-0.1, -0.05) is 34.1 Å². The Morgan fingerprint density at radius 3 is 2.56 bits per heavy atom. The van der Waals surface area contributed by atoms with E-state index in [4.69, 9.17) is 4.42 Å². The summed E-state index contributed by atoms with van der Waals surface area (Å²) in [6.45, 7) is 1.60. The van der Waals surface area contributed by atoms with Crippen LogP contribution in [-0.2, 0) is 11.5 Å². The smallest absolute Gasteiger partial charge is 0.417 e. The molecule has 0 amide bonds. The molecule has 6 heteroatoms. The van der Waals surface area contributed by atoms with Crippen LogP contribution in [0.5, 0.6) is 0 Å². The summed E-state index contributed by atoms with van der Waals surface area (Å²) in [4.78, 5) is 4.03. The van der Waals surface area contributed by atoms with Gasteiger partial charge in [-0.3, -0.25) is 0 Å². The van der Waals surface area contributed by atoms with Crippen molar-refractivity contribution in [2.24, 2.45) is 0 Å². The van der Waals surface area contributed by atoms with Gasteiger partial charge in [0.2, 0.25) is 0 Å². The van der Waals surface area contributed by atoms with Gasteiger partial charge in [-0.05, 0) is 6.07 Å². The van der Waals surface area contributed by atoms with Crippen LogP contribution in [0.4, 0.5) is 13.2 Å². The first-order chi connectivity index (χ1) is 8.43. The van der Waals surface area contributed by atoms with Crippen molar-refractivity contribution in [1.29, 1.82) is 0 Å². The number of hydrogen-bond acceptors (Lipinski definition) is 2. The molecule has 1 aromatic carbocycles. The third kappa shape index (κ3) is 2.43. The Hall–Kier alpha value is -1.30. The van der Waals surface area contributed by atoms with Crippen LogP contribution in [0, 0.1) is 6.92 Å². The van der Waals surface area contributed by atoms with Gasteiger partial charge < -0.3 is 4.42 Å². The molecule has 0 saturated carbocycles. The molecule has 1 heterocycles. The summed E-state index contributed by atoms with van der Waals surface area (Å²) < 4.78 is 44.0. The fourth-order valence-electron chi connectivity index (χ4n) is 1.71. The normalized spacial score (nSPS) is 11.8. The van der Waals surface area contributed by atoms with Crippen LogP contribution in [0.3, 0.4) is 0 Å². The molecule has 0 radical (unpaired) electrons. The first-order valence-corrected chi connectivity index (χ1v) is 6.24. The molecule has 18 heavy (non-hydrogen) atoms. The number of benzene rings is 1. The zero-order valence-electron chi connectivity index (χ0n) is 9.38. The maximum absolute atomic E-state index is 12.9. The molecule has 2 nitrogen and oxygen atoms in total. The highest BCUT2D eigenvalue weighted by Crippen LogP contribution is 2.38. The minimum atomic E-state index is -4.41. The van der Waals surface area contributed by atoms with E-state index < -0.39 is 11.7 Å². The summed E-state index contributed by atoms with van der Waals surface area (Å²) in [5, 5.41) is 0.315. The second-order valence-electron chi connectivity index (χ2n) is 3.68. The van der Waals surface area contributed by atoms with E-state index in [9.17, 15) is 13.2 Å². The molecule has 0 aliphatic heterocycles. The first kappa shape index (κ1) is 13.1. The third-order valence-electron chi connectivity index (χ3n) is 2.41. The predicted octanol–water partition coefficient (Wildman–Crippen LogP) is 4.56. The number of halogens is 4. The van der Waals surface area contributed by atoms with E-state index in [2.05, 4.69) is 20.9 Å². The monoisotopic (exact) mass is 319 g/mol. The van der Waals surface area contributed by atoms with E-state index in [1.807, 2.05) is 0 Å². The van der Waals surface area contributed by atoms with Crippen LogP contribution >= 0.6 is 15.9 Å². The van der Waals surface area contributed by atoms with Crippen LogP contribution in [-0.4, -0.2) is 4.98 Å². The van der Waals surface area contributed by atoms with Gasteiger partial charge in [0, 0.05) is 12.5 Å². The molecular weight excluding hydrogens is 311 g/mol. The van der Waals surface area contributed by atoms with Crippen LogP contribution in [0.15, 0.2) is 28.7 Å². The Balaban J connectivity index is 2.64. The van der Waals surface area contributed by atoms with Gasteiger partial charge in [-0.25, -0.2) is 4.98 Å². The molecule has 0 N–H and O–H groups in total. The van der Waals surface area contributed by atoms with Gasteiger partial charge in [0.1, 0.15) is 11.5 Å². The van der Waals surface area contributed by atoms with Crippen LogP contribution in [0.25, 0.3) is 11.3 Å². The van der Waals surface area contributed by atoms with Gasteiger partial charge in [0.25, 0.3) is 0 Å². The van der Waals surface area contributed by atoms with E-state index in [1.165, 1.54) is 12.1 Å². The summed E-state index contributed by atoms with van der Waals surface area (Å²) in [6, 6.07) is 5.34. The molecule has 0 fully saturated rings. The molecule has 0 atom stereocenters. The van der Waals surface area contributed by atoms with E-state index in [0.717, 1.165) is 6.07 Å². The average molecular weight is 320 g/mol. The number of oxazole rings is 1. The summed E-state index contributed by atoms with van der Waals surface area (Å²) in [6.07, 6.45) is -4.41. The number of aromatic nitrogens is 1. The summed E-state index contributed by atoms with van der Waals surface area (Å²) in [5.74, 6) is 0.737. The predicted molar refractivity (Wildman–Crippen MR) is 64.3 cm³/mol. The van der Waals surface area contributed by atoms with Gasteiger partial charge in [-0.2, -0.15) is 13.2 Å². The Morgan fingerprint density at radius 1 is 1.28 bits per heavy atom. The standard InChI is InChI=1S/C12H9BrF3NO/c1-7-17-11(10(6-13)18-7)8-4-2-3-5-9(8)12(14,15)16/h2-5H,6H2,1H3. The van der Waals surface area contributed by atoms with Crippen LogP contribution in [0.2, 0.25) is 0 Å². The highest BCUT2D eigenvalue weighted by Gasteiger charge is 2.34. The first-order valence-electron chi connectivity index (χ1n) is 5.12. The lowest BCUT2D eigenvalue weighted by molar-refractivity contribution is -0.137. The molecule has 0 bridgehead atoms. The summed E-state index contributed by atoms with van der Waals surface area (Å²) >= 11 is 3.18. The minimum Gasteiger partial charge on any atom is -0.444 e. The topological polar surface area (TPSA) is 26.0 Å². The van der Waals surface area contributed by atoms with Gasteiger partial charge in [0.15, 0.2) is 5.89 Å². The van der Waals surface area contributed by atoms with Crippen molar-refractivity contribution in [2.75, 3.05) is 0 Å². The van der Waals surface area contributed by atoms with Crippen molar-refractivity contribution in [3.8, 4) is 11.3 Å². The molecule has 0 spiro atoms. The molecule has 0 unspecified atom stereocenters. The molecule has 2 aromatic rings. The number of aryl methyl sites for hydroxylation is 1. The van der Waals surface area contributed by atoms with Crippen molar-refractivity contribution < 1.29 is 17.6 Å². The average Bonchev–Trinajstić information content (AvgIpc) is 2.69. The number of nitrogens with zero attached hydrogens (tertiary/aromatic N) is 1. The largest absolute Gasteiger partial charge is 0.444 e. The molecule has 0 aliphatic carbocycles. The molecule has 2 rings (SSSR count). The van der Waals surface area contributed by atoms with E-state index in [-0.39, 0.29) is 11.3 Å². The highest BCUT2D eigenvalue weighted by molar-refractivity contribution is 9.08. The van der Waals surface area contributed by atoms with Crippen molar-refractivity contribution in [2.45, 2.75) is 18.4 Å². The van der Waals surface area contributed by atoms with Crippen molar-refractivity contribution in [1.82, 2.24) is 4.98 Å². The van der Waals surface area contributed by atoms with Gasteiger partial charge in [-0.15, -0.1) is 0 Å². The summed E-state index contributed by atoms with van der Waals surface area (Å²) in [5.41, 5.74) is -0.436. The van der Waals surface area contributed by atoms with Crippen molar-refractivity contribution >= 4 is 15.9 Å². The van der Waals surface area contributed by atoms with E-state index in [0.29, 0.717) is 17.0 Å². The Kier molecular flexibility index (Phi) is 3.47. The Labute approximate surface area is 110 Å². The zero-order chi connectivity index (χ0) is 13.3. The van der Waals surface area contributed by atoms with E-state index in [1.54, 1.807) is 13.0 Å². The zero-order valence-corrected chi connectivity index (χ0v) is 11.0. The lowest BCUT2D eigenvalue weighted by Crippen LogP contribution is -2.07. The highest BCUT2D eigenvalue weighted by atomic mass is 79.9. The third-order valence-corrected chi connectivity index (χ3v) is 2.92. The molecule has 96 valence electrons. The molecule has 0 saturated heterocycles. The van der Waals surface area contributed by atoms with Crippen molar-refractivity contribution in [3.05, 3.63) is 41.5 Å². The maximum Gasteiger partial charge on any atom is 0.417 e. The van der Waals surface area contributed by atoms with E-state index >= 15 is 0 Å². The second-order valence-corrected chi connectivity index (χ2v) is 4.24. The fourth-order valence-corrected chi connectivity index (χ4v) is 2.09. The fraction of sp³-hybridized carbons (Fsp3) is 0.250. The number of rotatable bonds is 2.